The molecule has 72 heavy (non-hydrogen) atoms. The molecule has 1 aromatic rings. The fourth-order valence-electron chi connectivity index (χ4n) is 5.55. The summed E-state index contributed by atoms with van der Waals surface area (Å²) in [5.41, 5.74) is -0.542. The van der Waals surface area contributed by atoms with Gasteiger partial charge in [0.2, 0.25) is 12.2 Å². The SMILES string of the molecule is CCC(C)(C)C(=O)O.CCOCCOCCOC(=O)C(CC)CC(C)C(=O)NCCCN(C)C.CCOCCOCCOC(=O)C(CC)CC(C)C(=O)O.CCOCCOCCOC(=O)CC[n+]1cc[nH]c1. The number of nitrogens with one attached hydrogen (secondary N) is 2. The molecule has 0 saturated carbocycles. The fraction of sp³-hybridized carbons (Fsp3) is 0.824. The lowest BCUT2D eigenvalue weighted by Crippen LogP contribution is -2.33. The summed E-state index contributed by atoms with van der Waals surface area (Å²) >= 11 is 0. The summed E-state index contributed by atoms with van der Waals surface area (Å²) in [6.45, 7) is 27.5. The highest BCUT2D eigenvalue weighted by atomic mass is 16.6. The van der Waals surface area contributed by atoms with E-state index in [-0.39, 0.29) is 54.8 Å². The molecule has 21 heteroatoms. The Labute approximate surface area is 430 Å². The summed E-state index contributed by atoms with van der Waals surface area (Å²) in [6.07, 6.45) is 9.45. The Morgan fingerprint density at radius 1 is 0.639 bits per heavy atom. The van der Waals surface area contributed by atoms with Gasteiger partial charge in [0.1, 0.15) is 38.8 Å². The average Bonchev–Trinajstić information content (AvgIpc) is 3.88. The molecular formula is C51H97N4O17+. The van der Waals surface area contributed by atoms with Gasteiger partial charge in [-0.1, -0.05) is 34.6 Å². The highest BCUT2D eigenvalue weighted by Gasteiger charge is 2.26. The van der Waals surface area contributed by atoms with Gasteiger partial charge in [0, 0.05) is 32.3 Å². The summed E-state index contributed by atoms with van der Waals surface area (Å²) in [7, 11) is 4.01. The predicted molar refractivity (Wildman–Crippen MR) is 271 cm³/mol. The number of carboxylic acid groups (broad SMARTS) is 2. The monoisotopic (exact) mass is 1040 g/mol. The van der Waals surface area contributed by atoms with Crippen LogP contribution in [-0.4, -0.2) is 182 Å². The second kappa shape index (κ2) is 49.0. The van der Waals surface area contributed by atoms with Crippen LogP contribution in [0.15, 0.2) is 18.7 Å². The lowest BCUT2D eigenvalue weighted by atomic mass is 9.91. The smallest absolute Gasteiger partial charge is 0.309 e. The van der Waals surface area contributed by atoms with Gasteiger partial charge in [0.25, 0.3) is 0 Å². The molecular weight excluding hydrogens is 941 g/mol. The maximum absolute atomic E-state index is 12.2. The van der Waals surface area contributed by atoms with Crippen LogP contribution in [0, 0.1) is 29.1 Å². The Bertz CT molecular complexity index is 1480. The van der Waals surface area contributed by atoms with Crippen LogP contribution in [0.5, 0.6) is 0 Å². The number of rotatable bonds is 40. The summed E-state index contributed by atoms with van der Waals surface area (Å²) in [5.74, 6) is -3.83. The topological polar surface area (TPSA) is 261 Å². The first kappa shape index (κ1) is 72.0. The third kappa shape index (κ3) is 44.5. The lowest BCUT2D eigenvalue weighted by molar-refractivity contribution is -0.694. The van der Waals surface area contributed by atoms with E-state index in [9.17, 15) is 28.8 Å². The fourth-order valence-corrected chi connectivity index (χ4v) is 5.55. The molecule has 0 bridgehead atoms. The number of hydrogen-bond acceptors (Lipinski definition) is 16. The number of aliphatic carboxylic acids is 2. The number of hydrogen-bond donors (Lipinski definition) is 4. The van der Waals surface area contributed by atoms with Gasteiger partial charge in [0.15, 0.2) is 0 Å². The number of H-pyrrole nitrogens is 1. The maximum Gasteiger partial charge on any atom is 0.309 e. The van der Waals surface area contributed by atoms with E-state index in [1.807, 2.05) is 73.3 Å². The van der Waals surface area contributed by atoms with Crippen LogP contribution < -0.4 is 9.88 Å². The summed E-state index contributed by atoms with van der Waals surface area (Å²) < 4.78 is 48.4. The second-order valence-corrected chi connectivity index (χ2v) is 17.4. The zero-order chi connectivity index (χ0) is 55.0. The minimum atomic E-state index is -0.893. The molecule has 4 atom stereocenters. The standard InChI is InChI=1S/C19H38N2O5.C14H26O6.C12H20N2O4.C6H12O2/c1-6-17(19(23)26-14-13-25-12-11-24-7-2)15-16(3)18(22)20-9-8-10-21(4)5;1-4-12(10-11(3)13(15)16)14(17)20-9-8-19-7-6-18-5-2;1-2-16-7-8-17-9-10-18-12(15)3-5-14-6-4-13-11-14;1-4-6(2,3)5(7)8/h16-17H,6-15H2,1-5H3,(H,20,22);11-12H,4-10H2,1-3H3,(H,15,16);4,6,11H,2-3,5,7-10H2,1H3;4H2,1-3H3,(H,7,8)/p+1. The first-order valence-corrected chi connectivity index (χ1v) is 25.6. The van der Waals surface area contributed by atoms with Crippen molar-refractivity contribution in [2.75, 3.05) is 126 Å². The third-order valence-electron chi connectivity index (χ3n) is 10.7. The molecule has 1 heterocycles. The first-order valence-electron chi connectivity index (χ1n) is 25.6. The van der Waals surface area contributed by atoms with Gasteiger partial charge in [-0.05, 0) is 93.8 Å². The van der Waals surface area contributed by atoms with E-state index in [4.69, 9.17) is 52.8 Å². The summed E-state index contributed by atoms with van der Waals surface area (Å²) in [6, 6.07) is 0. The average molecular weight is 1040 g/mol. The van der Waals surface area contributed by atoms with Gasteiger partial charge in [-0.2, -0.15) is 0 Å². The second-order valence-electron chi connectivity index (χ2n) is 17.4. The Morgan fingerprint density at radius 3 is 1.43 bits per heavy atom. The maximum atomic E-state index is 12.2. The number of aromatic nitrogens is 2. The Balaban J connectivity index is -0.000000933. The van der Waals surface area contributed by atoms with Crippen molar-refractivity contribution in [3.63, 3.8) is 0 Å². The van der Waals surface area contributed by atoms with Crippen LogP contribution >= 0.6 is 0 Å². The largest absolute Gasteiger partial charge is 0.481 e. The number of carbonyl (C=O) groups excluding carboxylic acids is 4. The quantitative estimate of drug-likeness (QED) is 0.0284. The number of esters is 3. The van der Waals surface area contributed by atoms with Gasteiger partial charge < -0.3 is 63.1 Å². The molecule has 0 saturated heterocycles. The number of aromatic amines is 1. The molecule has 0 spiro atoms. The van der Waals surface area contributed by atoms with Crippen LogP contribution in [0.3, 0.4) is 0 Å². The molecule has 21 nitrogen and oxygen atoms in total. The minimum Gasteiger partial charge on any atom is -0.481 e. The molecule has 1 rings (SSSR count). The number of carboxylic acids is 2. The Hall–Kier alpha value is -4.25. The van der Waals surface area contributed by atoms with E-state index in [0.717, 1.165) is 13.0 Å². The first-order chi connectivity index (χ1) is 34.3. The van der Waals surface area contributed by atoms with E-state index < -0.39 is 23.3 Å². The van der Waals surface area contributed by atoms with E-state index in [2.05, 4.69) is 15.2 Å². The van der Waals surface area contributed by atoms with Crippen molar-refractivity contribution in [1.82, 2.24) is 15.2 Å². The van der Waals surface area contributed by atoms with Crippen molar-refractivity contribution in [3.8, 4) is 0 Å². The molecule has 0 aliphatic heterocycles. The van der Waals surface area contributed by atoms with Gasteiger partial charge in [-0.25, -0.2) is 4.57 Å². The van der Waals surface area contributed by atoms with E-state index in [1.165, 1.54) is 0 Å². The van der Waals surface area contributed by atoms with E-state index in [0.29, 0.717) is 138 Å². The lowest BCUT2D eigenvalue weighted by Gasteiger charge is -2.19. The predicted octanol–water partition coefficient (Wildman–Crippen LogP) is 5.22. The molecule has 422 valence electrons. The molecule has 4 unspecified atom stereocenters. The highest BCUT2D eigenvalue weighted by Crippen LogP contribution is 2.20. The van der Waals surface area contributed by atoms with E-state index >= 15 is 0 Å². The third-order valence-corrected chi connectivity index (χ3v) is 10.7. The van der Waals surface area contributed by atoms with Crippen LogP contribution in [0.1, 0.15) is 114 Å². The van der Waals surface area contributed by atoms with Crippen LogP contribution in [0.25, 0.3) is 0 Å². The summed E-state index contributed by atoms with van der Waals surface area (Å²) in [5, 5.41) is 20.2. The molecule has 0 aliphatic rings. The Kier molecular flexibility index (Phi) is 49.0. The molecule has 0 aliphatic carbocycles. The zero-order valence-corrected chi connectivity index (χ0v) is 46.1. The van der Waals surface area contributed by atoms with Crippen molar-refractivity contribution < 1.29 is 86.2 Å². The molecule has 1 amide bonds. The Morgan fingerprint density at radius 2 is 1.07 bits per heavy atom. The van der Waals surface area contributed by atoms with Crippen molar-refractivity contribution in [2.45, 2.75) is 121 Å². The molecule has 0 fully saturated rings. The van der Waals surface area contributed by atoms with Gasteiger partial charge in [-0.15, -0.1) is 0 Å². The van der Waals surface area contributed by atoms with Crippen LogP contribution in [-0.2, 0) is 77.9 Å². The molecule has 4 N–H and O–H groups in total. The summed E-state index contributed by atoms with van der Waals surface area (Å²) in [4.78, 5) is 73.4. The minimum absolute atomic E-state index is 0.00531. The normalized spacial score (nSPS) is 12.6. The number of carbonyl (C=O) groups is 6. The molecule has 0 aromatic carbocycles. The van der Waals surface area contributed by atoms with Crippen LogP contribution in [0.4, 0.5) is 0 Å². The number of aryl methyl sites for hydroxylation is 1. The van der Waals surface area contributed by atoms with Crippen LogP contribution in [0.2, 0.25) is 0 Å². The molecule has 1 aromatic heterocycles. The number of amides is 1. The number of imidazole rings is 1. The van der Waals surface area contributed by atoms with Gasteiger partial charge in [-0.3, -0.25) is 33.8 Å². The number of ether oxygens (including phenoxy) is 9. The van der Waals surface area contributed by atoms with Gasteiger partial charge >= 0.3 is 29.8 Å². The van der Waals surface area contributed by atoms with Crippen molar-refractivity contribution in [2.24, 2.45) is 29.1 Å². The van der Waals surface area contributed by atoms with Gasteiger partial charge in [0.05, 0.1) is 89.1 Å². The van der Waals surface area contributed by atoms with Crippen molar-refractivity contribution in [3.05, 3.63) is 18.7 Å². The highest BCUT2D eigenvalue weighted by molar-refractivity contribution is 5.80. The van der Waals surface area contributed by atoms with E-state index in [1.54, 1.807) is 33.3 Å². The van der Waals surface area contributed by atoms with Crippen molar-refractivity contribution >= 4 is 35.8 Å². The van der Waals surface area contributed by atoms with Crippen molar-refractivity contribution in [1.29, 1.82) is 0 Å². The zero-order valence-electron chi connectivity index (χ0n) is 46.1. The number of nitrogens with zero attached hydrogens (tertiary/aromatic N) is 2. The molecule has 0 radical (unpaired) electrons.